The Balaban J connectivity index is 1.74. The second-order valence-corrected chi connectivity index (χ2v) is 7.97. The zero-order valence-electron chi connectivity index (χ0n) is 17.4. The number of phenols is 1. The number of fused-ring (bicyclic) bond motifs is 1. The van der Waals surface area contributed by atoms with E-state index >= 15 is 0 Å². The van der Waals surface area contributed by atoms with Gasteiger partial charge in [0.1, 0.15) is 5.82 Å². The van der Waals surface area contributed by atoms with Crippen LogP contribution in [0.1, 0.15) is 23.9 Å². The number of nitrogens with one attached hydrogen (secondary N) is 2. The molecule has 0 aliphatic carbocycles. The van der Waals surface area contributed by atoms with Crippen molar-refractivity contribution in [2.24, 2.45) is 0 Å². The molecule has 1 amide bonds. The summed E-state index contributed by atoms with van der Waals surface area (Å²) in [5.74, 6) is 0.540. The van der Waals surface area contributed by atoms with Crippen LogP contribution in [0.3, 0.4) is 0 Å². The molecule has 0 unspecified atom stereocenters. The summed E-state index contributed by atoms with van der Waals surface area (Å²) in [6, 6.07) is 20.7. The molecular formula is C25H22BrN3O3. The minimum absolute atomic E-state index is 0.0165. The first-order chi connectivity index (χ1) is 15.5. The van der Waals surface area contributed by atoms with Crippen molar-refractivity contribution in [3.8, 4) is 11.5 Å². The van der Waals surface area contributed by atoms with Crippen LogP contribution in [0.5, 0.6) is 11.5 Å². The van der Waals surface area contributed by atoms with Gasteiger partial charge in [0.15, 0.2) is 11.5 Å². The summed E-state index contributed by atoms with van der Waals surface area (Å²) >= 11 is 3.36. The third-order valence-electron chi connectivity index (χ3n) is 4.85. The lowest BCUT2D eigenvalue weighted by molar-refractivity contribution is -0.115. The molecule has 0 aliphatic rings. The fourth-order valence-electron chi connectivity index (χ4n) is 3.30. The van der Waals surface area contributed by atoms with Gasteiger partial charge in [-0.05, 0) is 64.3 Å². The number of benzene rings is 3. The standard InChI is InChI=1S/C25H22BrN3O3/c1-2-32-22-14-17(13-19(26)23(22)30)12-18(24-28-20-10-6-7-11-21(20)29-24)25(31)27-15-16-8-4-3-5-9-16/h3-14,30H,2,15H2,1H3,(H,27,31)(H,28,29). The third-order valence-corrected chi connectivity index (χ3v) is 5.45. The molecule has 0 spiro atoms. The number of phenolic OH excluding ortho intramolecular Hbond substituents is 1. The number of aromatic nitrogens is 2. The number of aromatic hydroxyl groups is 1. The van der Waals surface area contributed by atoms with Crippen LogP contribution in [-0.4, -0.2) is 27.6 Å². The Morgan fingerprint density at radius 3 is 2.66 bits per heavy atom. The van der Waals surface area contributed by atoms with Crippen LogP contribution in [0.2, 0.25) is 0 Å². The van der Waals surface area contributed by atoms with E-state index in [-0.39, 0.29) is 11.7 Å². The van der Waals surface area contributed by atoms with E-state index in [1.807, 2.05) is 61.5 Å². The lowest BCUT2D eigenvalue weighted by Crippen LogP contribution is -2.24. The van der Waals surface area contributed by atoms with E-state index in [0.717, 1.165) is 16.6 Å². The Morgan fingerprint density at radius 1 is 1.16 bits per heavy atom. The lowest BCUT2D eigenvalue weighted by atomic mass is 10.1. The number of rotatable bonds is 7. The molecular weight excluding hydrogens is 470 g/mol. The monoisotopic (exact) mass is 491 g/mol. The maximum absolute atomic E-state index is 13.2. The minimum atomic E-state index is -0.268. The van der Waals surface area contributed by atoms with Crippen molar-refractivity contribution in [1.82, 2.24) is 15.3 Å². The maximum Gasteiger partial charge on any atom is 0.255 e. The van der Waals surface area contributed by atoms with Gasteiger partial charge < -0.3 is 20.1 Å². The molecule has 32 heavy (non-hydrogen) atoms. The van der Waals surface area contributed by atoms with Gasteiger partial charge in [0.25, 0.3) is 5.91 Å². The first-order valence-electron chi connectivity index (χ1n) is 10.2. The summed E-state index contributed by atoms with van der Waals surface area (Å²) in [5, 5.41) is 13.2. The SMILES string of the molecule is CCOc1cc(C=C(C(=O)NCc2ccccc2)c2nc3ccccc3[nH]2)cc(Br)c1O. The van der Waals surface area contributed by atoms with Crippen LogP contribution in [-0.2, 0) is 11.3 Å². The summed E-state index contributed by atoms with van der Waals surface area (Å²) in [7, 11) is 0. The molecule has 0 saturated heterocycles. The van der Waals surface area contributed by atoms with Crippen LogP contribution in [0.25, 0.3) is 22.7 Å². The second kappa shape index (κ2) is 9.70. The zero-order valence-corrected chi connectivity index (χ0v) is 19.0. The summed E-state index contributed by atoms with van der Waals surface area (Å²) in [6.45, 7) is 2.63. The molecule has 1 heterocycles. The highest BCUT2D eigenvalue weighted by Gasteiger charge is 2.17. The van der Waals surface area contributed by atoms with Gasteiger partial charge in [-0.1, -0.05) is 42.5 Å². The van der Waals surface area contributed by atoms with Crippen molar-refractivity contribution in [3.63, 3.8) is 0 Å². The van der Waals surface area contributed by atoms with Crippen LogP contribution in [0.4, 0.5) is 0 Å². The highest BCUT2D eigenvalue weighted by Crippen LogP contribution is 2.36. The van der Waals surface area contributed by atoms with E-state index < -0.39 is 0 Å². The van der Waals surface area contributed by atoms with Crippen LogP contribution >= 0.6 is 15.9 Å². The first-order valence-corrected chi connectivity index (χ1v) is 11.0. The predicted molar refractivity (Wildman–Crippen MR) is 129 cm³/mol. The number of amides is 1. The van der Waals surface area contributed by atoms with Crippen molar-refractivity contribution in [1.29, 1.82) is 0 Å². The van der Waals surface area contributed by atoms with Gasteiger partial charge in [-0.15, -0.1) is 0 Å². The third kappa shape index (κ3) is 4.84. The van der Waals surface area contributed by atoms with Gasteiger partial charge in [-0.2, -0.15) is 0 Å². The number of nitrogens with zero attached hydrogens (tertiary/aromatic N) is 1. The van der Waals surface area contributed by atoms with Gasteiger partial charge >= 0.3 is 0 Å². The maximum atomic E-state index is 13.2. The average molecular weight is 492 g/mol. The Hall–Kier alpha value is -3.58. The van der Waals surface area contributed by atoms with E-state index in [1.165, 1.54) is 0 Å². The molecule has 0 fully saturated rings. The molecule has 4 aromatic rings. The van der Waals surface area contributed by atoms with E-state index in [0.29, 0.717) is 40.3 Å². The van der Waals surface area contributed by atoms with Crippen LogP contribution in [0, 0.1) is 0 Å². The van der Waals surface area contributed by atoms with Gasteiger partial charge in [0.05, 0.1) is 27.7 Å². The number of carbonyl (C=O) groups excluding carboxylic acids is 1. The van der Waals surface area contributed by atoms with Crippen molar-refractivity contribution < 1.29 is 14.6 Å². The molecule has 7 heteroatoms. The van der Waals surface area contributed by atoms with E-state index in [9.17, 15) is 9.90 Å². The Morgan fingerprint density at radius 2 is 1.91 bits per heavy atom. The smallest absolute Gasteiger partial charge is 0.255 e. The van der Waals surface area contributed by atoms with Gasteiger partial charge in [-0.25, -0.2) is 4.98 Å². The number of halogens is 1. The van der Waals surface area contributed by atoms with Gasteiger partial charge in [-0.3, -0.25) is 4.79 Å². The highest BCUT2D eigenvalue weighted by molar-refractivity contribution is 9.10. The van der Waals surface area contributed by atoms with E-state index in [1.54, 1.807) is 18.2 Å². The number of ether oxygens (including phenoxy) is 1. The Kier molecular flexibility index (Phi) is 6.56. The number of hydrogen-bond acceptors (Lipinski definition) is 4. The van der Waals surface area contributed by atoms with Gasteiger partial charge in [0.2, 0.25) is 0 Å². The lowest BCUT2D eigenvalue weighted by Gasteiger charge is -2.11. The molecule has 0 radical (unpaired) electrons. The second-order valence-electron chi connectivity index (χ2n) is 7.11. The Bertz CT molecular complexity index is 1250. The van der Waals surface area contributed by atoms with Gasteiger partial charge in [0, 0.05) is 6.54 Å². The van der Waals surface area contributed by atoms with Crippen molar-refractivity contribution in [3.05, 3.63) is 88.2 Å². The summed E-state index contributed by atoms with van der Waals surface area (Å²) in [5.41, 5.74) is 3.66. The molecule has 0 aliphatic heterocycles. The minimum Gasteiger partial charge on any atom is -0.503 e. The fourth-order valence-corrected chi connectivity index (χ4v) is 3.76. The van der Waals surface area contributed by atoms with Crippen molar-refractivity contribution in [2.75, 3.05) is 6.61 Å². The zero-order chi connectivity index (χ0) is 22.5. The number of H-pyrrole nitrogens is 1. The number of hydrogen-bond donors (Lipinski definition) is 3. The first kappa shape index (κ1) is 21.6. The van der Waals surface area contributed by atoms with E-state index in [4.69, 9.17) is 4.74 Å². The quantitative estimate of drug-likeness (QED) is 0.306. The summed E-state index contributed by atoms with van der Waals surface area (Å²) in [4.78, 5) is 21.1. The molecule has 4 rings (SSSR count). The molecule has 6 nitrogen and oxygen atoms in total. The largest absolute Gasteiger partial charge is 0.503 e. The molecule has 0 bridgehead atoms. The molecule has 0 saturated carbocycles. The molecule has 162 valence electrons. The number of imidazole rings is 1. The summed E-state index contributed by atoms with van der Waals surface area (Å²) in [6.07, 6.45) is 1.73. The van der Waals surface area contributed by atoms with Crippen LogP contribution in [0.15, 0.2) is 71.2 Å². The number of carbonyl (C=O) groups is 1. The highest BCUT2D eigenvalue weighted by atomic mass is 79.9. The molecule has 3 N–H and O–H groups in total. The summed E-state index contributed by atoms with van der Waals surface area (Å²) < 4.78 is 6.00. The fraction of sp³-hybridized carbons (Fsp3) is 0.120. The normalized spacial score (nSPS) is 11.5. The molecule has 0 atom stereocenters. The number of para-hydroxylation sites is 2. The van der Waals surface area contributed by atoms with Crippen LogP contribution < -0.4 is 10.1 Å². The number of aromatic amines is 1. The Labute approximate surface area is 194 Å². The average Bonchev–Trinajstić information content (AvgIpc) is 3.24. The topological polar surface area (TPSA) is 87.2 Å². The van der Waals surface area contributed by atoms with Crippen molar-refractivity contribution in [2.45, 2.75) is 13.5 Å². The molecule has 3 aromatic carbocycles. The predicted octanol–water partition coefficient (Wildman–Crippen LogP) is 5.29. The van der Waals surface area contributed by atoms with E-state index in [2.05, 4.69) is 31.2 Å². The van der Waals surface area contributed by atoms with Crippen molar-refractivity contribution >= 4 is 44.5 Å². The molecule has 1 aromatic heterocycles.